The molecule has 1 aliphatic rings. The number of ether oxygens (including phenoxy) is 1. The van der Waals surface area contributed by atoms with Gasteiger partial charge in [-0.3, -0.25) is 0 Å². The summed E-state index contributed by atoms with van der Waals surface area (Å²) in [4.78, 5) is 0. The second-order valence-corrected chi connectivity index (χ2v) is 3.96. The number of aliphatic hydroxyl groups excluding tert-OH is 1. The van der Waals surface area contributed by atoms with Crippen LogP contribution in [0.5, 0.6) is 0 Å². The first kappa shape index (κ1) is 10.4. The van der Waals surface area contributed by atoms with Gasteiger partial charge in [0.25, 0.3) is 0 Å². The van der Waals surface area contributed by atoms with Crippen molar-refractivity contribution in [2.24, 2.45) is 11.8 Å². The van der Waals surface area contributed by atoms with Gasteiger partial charge >= 0.3 is 0 Å². The standard InChI is InChI=1S/C13H16O2/c1-2-10-8-15-9-12(10)13(14)11-6-4-3-5-7-11/h2-7,10,12-14H,1,8-9H2/t10-,12-,13-/m1/s1. The zero-order valence-corrected chi connectivity index (χ0v) is 8.67. The van der Waals surface area contributed by atoms with Gasteiger partial charge in [-0.15, -0.1) is 6.58 Å². The smallest absolute Gasteiger partial charge is 0.0846 e. The molecule has 2 heteroatoms. The van der Waals surface area contributed by atoms with Crippen LogP contribution in [-0.4, -0.2) is 18.3 Å². The van der Waals surface area contributed by atoms with Crippen molar-refractivity contribution in [1.82, 2.24) is 0 Å². The number of hydrogen-bond donors (Lipinski definition) is 1. The van der Waals surface area contributed by atoms with E-state index in [0.717, 1.165) is 5.56 Å². The first-order valence-electron chi connectivity index (χ1n) is 5.26. The number of rotatable bonds is 3. The van der Waals surface area contributed by atoms with Crippen molar-refractivity contribution in [1.29, 1.82) is 0 Å². The number of benzene rings is 1. The summed E-state index contributed by atoms with van der Waals surface area (Å²) in [5.41, 5.74) is 0.958. The molecule has 3 atom stereocenters. The summed E-state index contributed by atoms with van der Waals surface area (Å²) in [6.07, 6.45) is 1.43. The van der Waals surface area contributed by atoms with E-state index in [0.29, 0.717) is 13.2 Å². The average molecular weight is 204 g/mol. The first-order valence-corrected chi connectivity index (χ1v) is 5.26. The molecule has 1 heterocycles. The Balaban J connectivity index is 2.14. The molecule has 1 N–H and O–H groups in total. The van der Waals surface area contributed by atoms with E-state index in [1.54, 1.807) is 0 Å². The SMILES string of the molecule is C=C[C@@H]1COC[C@H]1[C@H](O)c1ccccc1. The van der Waals surface area contributed by atoms with Crippen LogP contribution in [0.15, 0.2) is 43.0 Å². The van der Waals surface area contributed by atoms with E-state index in [2.05, 4.69) is 6.58 Å². The normalized spacial score (nSPS) is 27.5. The highest BCUT2D eigenvalue weighted by Gasteiger charge is 2.32. The van der Waals surface area contributed by atoms with Crippen LogP contribution in [0.2, 0.25) is 0 Å². The molecule has 2 rings (SSSR count). The van der Waals surface area contributed by atoms with E-state index in [4.69, 9.17) is 4.74 Å². The number of hydrogen-bond acceptors (Lipinski definition) is 2. The first-order chi connectivity index (χ1) is 7.33. The highest BCUT2D eigenvalue weighted by molar-refractivity contribution is 5.19. The predicted octanol–water partition coefficient (Wildman–Crippen LogP) is 2.17. The minimum Gasteiger partial charge on any atom is -0.388 e. The lowest BCUT2D eigenvalue weighted by Crippen LogP contribution is -2.19. The minimum absolute atomic E-state index is 0.143. The lowest BCUT2D eigenvalue weighted by Gasteiger charge is -2.21. The van der Waals surface area contributed by atoms with Crippen LogP contribution >= 0.6 is 0 Å². The largest absolute Gasteiger partial charge is 0.388 e. The molecule has 0 saturated carbocycles. The van der Waals surface area contributed by atoms with Crippen LogP contribution in [-0.2, 0) is 4.74 Å². The third kappa shape index (κ3) is 2.11. The van der Waals surface area contributed by atoms with Crippen LogP contribution in [0.25, 0.3) is 0 Å². The van der Waals surface area contributed by atoms with E-state index in [1.165, 1.54) is 0 Å². The Morgan fingerprint density at radius 3 is 2.73 bits per heavy atom. The Morgan fingerprint density at radius 2 is 2.07 bits per heavy atom. The van der Waals surface area contributed by atoms with Crippen LogP contribution in [0.3, 0.4) is 0 Å². The molecule has 0 unspecified atom stereocenters. The fourth-order valence-corrected chi connectivity index (χ4v) is 2.05. The Hall–Kier alpha value is -1.12. The van der Waals surface area contributed by atoms with Gasteiger partial charge in [0.05, 0.1) is 19.3 Å². The van der Waals surface area contributed by atoms with Crippen molar-refractivity contribution in [2.75, 3.05) is 13.2 Å². The van der Waals surface area contributed by atoms with E-state index >= 15 is 0 Å². The molecule has 1 aromatic rings. The maximum absolute atomic E-state index is 10.2. The summed E-state index contributed by atoms with van der Waals surface area (Å²) in [7, 11) is 0. The summed E-state index contributed by atoms with van der Waals surface area (Å²) < 4.78 is 5.37. The molecular formula is C13H16O2. The van der Waals surface area contributed by atoms with E-state index in [9.17, 15) is 5.11 Å². The van der Waals surface area contributed by atoms with Gasteiger partial charge in [0.1, 0.15) is 0 Å². The Bertz CT molecular complexity index is 321. The van der Waals surface area contributed by atoms with E-state index in [1.807, 2.05) is 36.4 Å². The van der Waals surface area contributed by atoms with Gasteiger partial charge in [-0.25, -0.2) is 0 Å². The molecule has 0 bridgehead atoms. The van der Waals surface area contributed by atoms with Crippen LogP contribution < -0.4 is 0 Å². The third-order valence-corrected chi connectivity index (χ3v) is 3.02. The predicted molar refractivity (Wildman–Crippen MR) is 59.4 cm³/mol. The molecule has 1 aromatic carbocycles. The Labute approximate surface area is 90.2 Å². The summed E-state index contributed by atoms with van der Waals surface area (Å²) in [6, 6.07) is 9.73. The monoisotopic (exact) mass is 204 g/mol. The van der Waals surface area contributed by atoms with Crippen molar-refractivity contribution < 1.29 is 9.84 Å². The maximum atomic E-state index is 10.2. The van der Waals surface area contributed by atoms with Crippen LogP contribution in [0.1, 0.15) is 11.7 Å². The van der Waals surface area contributed by atoms with Gasteiger partial charge in [0.2, 0.25) is 0 Å². The van der Waals surface area contributed by atoms with Crippen LogP contribution in [0.4, 0.5) is 0 Å². The molecule has 0 radical (unpaired) electrons. The van der Waals surface area contributed by atoms with Gasteiger partial charge in [0, 0.05) is 11.8 Å². The van der Waals surface area contributed by atoms with Gasteiger partial charge < -0.3 is 9.84 Å². The molecule has 0 spiro atoms. The second kappa shape index (κ2) is 4.60. The Kier molecular flexibility index (Phi) is 3.19. The summed E-state index contributed by atoms with van der Waals surface area (Å²) in [6.45, 7) is 5.07. The molecule has 80 valence electrons. The molecule has 1 saturated heterocycles. The minimum atomic E-state index is -0.448. The van der Waals surface area contributed by atoms with Gasteiger partial charge in [-0.1, -0.05) is 36.4 Å². The topological polar surface area (TPSA) is 29.5 Å². The van der Waals surface area contributed by atoms with Crippen molar-refractivity contribution in [2.45, 2.75) is 6.10 Å². The van der Waals surface area contributed by atoms with Crippen molar-refractivity contribution in [3.05, 3.63) is 48.6 Å². The summed E-state index contributed by atoms with van der Waals surface area (Å²) in [5, 5.41) is 10.2. The number of aliphatic hydroxyl groups is 1. The van der Waals surface area contributed by atoms with E-state index < -0.39 is 6.10 Å². The Morgan fingerprint density at radius 1 is 1.33 bits per heavy atom. The maximum Gasteiger partial charge on any atom is 0.0846 e. The molecule has 2 nitrogen and oxygen atoms in total. The average Bonchev–Trinajstić information content (AvgIpc) is 2.77. The zero-order valence-electron chi connectivity index (χ0n) is 8.67. The highest BCUT2D eigenvalue weighted by Crippen LogP contribution is 2.33. The third-order valence-electron chi connectivity index (χ3n) is 3.02. The molecular weight excluding hydrogens is 188 g/mol. The molecule has 1 fully saturated rings. The van der Waals surface area contributed by atoms with Crippen molar-refractivity contribution >= 4 is 0 Å². The van der Waals surface area contributed by atoms with Crippen molar-refractivity contribution in [3.63, 3.8) is 0 Å². The molecule has 0 aromatic heterocycles. The zero-order chi connectivity index (χ0) is 10.7. The van der Waals surface area contributed by atoms with Gasteiger partial charge in [-0.05, 0) is 5.56 Å². The fourth-order valence-electron chi connectivity index (χ4n) is 2.05. The molecule has 15 heavy (non-hydrogen) atoms. The fraction of sp³-hybridized carbons (Fsp3) is 0.385. The van der Waals surface area contributed by atoms with Crippen molar-refractivity contribution in [3.8, 4) is 0 Å². The van der Waals surface area contributed by atoms with E-state index in [-0.39, 0.29) is 11.8 Å². The summed E-state index contributed by atoms with van der Waals surface area (Å²) >= 11 is 0. The van der Waals surface area contributed by atoms with Gasteiger partial charge in [0.15, 0.2) is 0 Å². The van der Waals surface area contributed by atoms with Gasteiger partial charge in [-0.2, -0.15) is 0 Å². The molecule has 0 amide bonds. The highest BCUT2D eigenvalue weighted by atomic mass is 16.5. The lowest BCUT2D eigenvalue weighted by atomic mass is 9.87. The molecule has 1 aliphatic heterocycles. The quantitative estimate of drug-likeness (QED) is 0.765. The second-order valence-electron chi connectivity index (χ2n) is 3.96. The molecule has 0 aliphatic carbocycles. The van der Waals surface area contributed by atoms with Crippen LogP contribution in [0, 0.1) is 11.8 Å². The lowest BCUT2D eigenvalue weighted by molar-refractivity contribution is 0.0861. The summed E-state index contributed by atoms with van der Waals surface area (Å²) in [5.74, 6) is 0.408.